The lowest BCUT2D eigenvalue weighted by Gasteiger charge is -2.23. The lowest BCUT2D eigenvalue weighted by molar-refractivity contribution is 0.0478. The van der Waals surface area contributed by atoms with Gasteiger partial charge in [0, 0.05) is 36.9 Å². The maximum atomic E-state index is 10.7. The van der Waals surface area contributed by atoms with Crippen LogP contribution in [0, 0.1) is 0 Å². The second-order valence-corrected chi connectivity index (χ2v) is 5.68. The van der Waals surface area contributed by atoms with Gasteiger partial charge in [0.2, 0.25) is 0 Å². The van der Waals surface area contributed by atoms with Crippen molar-refractivity contribution in [1.82, 2.24) is 9.88 Å². The highest BCUT2D eigenvalue weighted by Crippen LogP contribution is 2.38. The molecule has 0 bridgehead atoms. The van der Waals surface area contributed by atoms with Crippen LogP contribution in [-0.4, -0.2) is 39.2 Å². The summed E-state index contributed by atoms with van der Waals surface area (Å²) in [7, 11) is 0. The third-order valence-corrected chi connectivity index (χ3v) is 3.97. The molecule has 3 rings (SSSR count). The molecule has 2 atom stereocenters. The van der Waals surface area contributed by atoms with Gasteiger partial charge in [-0.05, 0) is 38.3 Å². The normalized spacial score (nSPS) is 34.1. The summed E-state index contributed by atoms with van der Waals surface area (Å²) >= 11 is 0. The first kappa shape index (κ1) is 11.2. The van der Waals surface area contributed by atoms with Crippen LogP contribution in [0.3, 0.4) is 0 Å². The summed E-state index contributed by atoms with van der Waals surface area (Å²) < 4.78 is 0. The minimum absolute atomic E-state index is 0.510. The van der Waals surface area contributed by atoms with E-state index in [0.29, 0.717) is 12.5 Å². The average Bonchev–Trinajstić information content (AvgIpc) is 3.07. The van der Waals surface area contributed by atoms with E-state index in [2.05, 4.69) is 16.8 Å². The number of β-amino-alcohol motifs (C(OH)–C–C–N with tert-alkyl or cyclic N) is 1. The van der Waals surface area contributed by atoms with Crippen LogP contribution < -0.4 is 0 Å². The molecule has 0 amide bonds. The highest BCUT2D eigenvalue weighted by molar-refractivity contribution is 5.11. The molecule has 1 aromatic rings. The molecule has 2 aliphatic rings. The fraction of sp³-hybridized carbons (Fsp3) is 0.643. The SMILES string of the molecule is CC1CC(O)(Cc2ccccn2)CN1C1CC1. The van der Waals surface area contributed by atoms with Gasteiger partial charge in [-0.1, -0.05) is 6.07 Å². The van der Waals surface area contributed by atoms with E-state index in [0.717, 1.165) is 24.7 Å². The van der Waals surface area contributed by atoms with Crippen molar-refractivity contribution in [3.63, 3.8) is 0 Å². The molecular weight excluding hydrogens is 212 g/mol. The molecule has 17 heavy (non-hydrogen) atoms. The smallest absolute Gasteiger partial charge is 0.0844 e. The summed E-state index contributed by atoms with van der Waals surface area (Å²) in [5, 5.41) is 10.7. The van der Waals surface area contributed by atoms with E-state index in [1.54, 1.807) is 6.20 Å². The zero-order valence-electron chi connectivity index (χ0n) is 10.3. The van der Waals surface area contributed by atoms with E-state index in [4.69, 9.17) is 0 Å². The van der Waals surface area contributed by atoms with Crippen LogP contribution in [0.1, 0.15) is 31.9 Å². The largest absolute Gasteiger partial charge is 0.388 e. The van der Waals surface area contributed by atoms with Crippen LogP contribution in [-0.2, 0) is 6.42 Å². The summed E-state index contributed by atoms with van der Waals surface area (Å²) in [6, 6.07) is 7.16. The number of hydrogen-bond acceptors (Lipinski definition) is 3. The third-order valence-electron chi connectivity index (χ3n) is 3.97. The fourth-order valence-corrected chi connectivity index (χ4v) is 3.09. The number of nitrogens with zero attached hydrogens (tertiary/aromatic N) is 2. The fourth-order valence-electron chi connectivity index (χ4n) is 3.09. The van der Waals surface area contributed by atoms with Gasteiger partial charge in [0.05, 0.1) is 5.60 Å². The molecule has 0 aromatic carbocycles. The van der Waals surface area contributed by atoms with Crippen molar-refractivity contribution in [3.05, 3.63) is 30.1 Å². The summed E-state index contributed by atoms with van der Waals surface area (Å²) in [6.45, 7) is 3.05. The molecule has 1 saturated heterocycles. The third kappa shape index (κ3) is 2.35. The summed E-state index contributed by atoms with van der Waals surface area (Å²) in [5.74, 6) is 0. The standard InChI is InChI=1S/C14H20N2O/c1-11-8-14(17,10-16(11)13-5-6-13)9-12-4-2-3-7-15-12/h2-4,7,11,13,17H,5-6,8-10H2,1H3. The molecule has 0 spiro atoms. The van der Waals surface area contributed by atoms with E-state index in [-0.39, 0.29) is 0 Å². The number of likely N-dealkylation sites (tertiary alicyclic amines) is 1. The monoisotopic (exact) mass is 232 g/mol. The zero-order valence-corrected chi connectivity index (χ0v) is 10.3. The van der Waals surface area contributed by atoms with Gasteiger partial charge in [0.15, 0.2) is 0 Å². The number of aliphatic hydroxyl groups is 1. The number of aromatic nitrogens is 1. The van der Waals surface area contributed by atoms with Crippen molar-refractivity contribution >= 4 is 0 Å². The van der Waals surface area contributed by atoms with Crippen LogP contribution in [0.5, 0.6) is 0 Å². The van der Waals surface area contributed by atoms with Crippen molar-refractivity contribution in [2.45, 2.75) is 50.3 Å². The lowest BCUT2D eigenvalue weighted by Crippen LogP contribution is -2.36. The molecule has 3 heteroatoms. The Kier molecular flexibility index (Phi) is 2.68. The van der Waals surface area contributed by atoms with Crippen molar-refractivity contribution in [2.24, 2.45) is 0 Å². The summed E-state index contributed by atoms with van der Waals surface area (Å²) in [4.78, 5) is 6.79. The van der Waals surface area contributed by atoms with Gasteiger partial charge in [-0.25, -0.2) is 0 Å². The van der Waals surface area contributed by atoms with Gasteiger partial charge in [-0.3, -0.25) is 9.88 Å². The second-order valence-electron chi connectivity index (χ2n) is 5.68. The Balaban J connectivity index is 1.70. The molecule has 92 valence electrons. The van der Waals surface area contributed by atoms with Crippen LogP contribution in [0.25, 0.3) is 0 Å². The van der Waals surface area contributed by atoms with E-state index in [1.165, 1.54) is 12.8 Å². The highest BCUT2D eigenvalue weighted by Gasteiger charge is 2.46. The lowest BCUT2D eigenvalue weighted by atomic mass is 9.94. The Bertz CT molecular complexity index is 390. The van der Waals surface area contributed by atoms with E-state index in [9.17, 15) is 5.11 Å². The van der Waals surface area contributed by atoms with Gasteiger partial charge in [0.25, 0.3) is 0 Å². The molecule has 3 nitrogen and oxygen atoms in total. The van der Waals surface area contributed by atoms with Crippen molar-refractivity contribution in [1.29, 1.82) is 0 Å². The Labute approximate surface area is 102 Å². The van der Waals surface area contributed by atoms with Crippen LogP contribution in [0.15, 0.2) is 24.4 Å². The molecule has 1 N–H and O–H groups in total. The van der Waals surface area contributed by atoms with Gasteiger partial charge >= 0.3 is 0 Å². The molecule has 2 fully saturated rings. The first-order chi connectivity index (χ1) is 8.16. The van der Waals surface area contributed by atoms with Crippen LogP contribution in [0.4, 0.5) is 0 Å². The quantitative estimate of drug-likeness (QED) is 0.860. The molecule has 1 aliphatic heterocycles. The number of rotatable bonds is 3. The topological polar surface area (TPSA) is 36.4 Å². The summed E-state index contributed by atoms with van der Waals surface area (Å²) in [6.07, 6.45) is 5.98. The highest BCUT2D eigenvalue weighted by atomic mass is 16.3. The van der Waals surface area contributed by atoms with Gasteiger partial charge < -0.3 is 5.11 Å². The van der Waals surface area contributed by atoms with E-state index in [1.807, 2.05) is 18.2 Å². The zero-order chi connectivity index (χ0) is 11.9. The molecule has 1 aromatic heterocycles. The van der Waals surface area contributed by atoms with Gasteiger partial charge in [-0.15, -0.1) is 0 Å². The Morgan fingerprint density at radius 3 is 2.94 bits per heavy atom. The van der Waals surface area contributed by atoms with Crippen LogP contribution in [0.2, 0.25) is 0 Å². The van der Waals surface area contributed by atoms with E-state index >= 15 is 0 Å². The summed E-state index contributed by atoms with van der Waals surface area (Å²) in [5.41, 5.74) is 0.427. The number of hydrogen-bond donors (Lipinski definition) is 1. The maximum Gasteiger partial charge on any atom is 0.0844 e. The minimum Gasteiger partial charge on any atom is -0.388 e. The predicted octanol–water partition coefficient (Wildman–Crippen LogP) is 1.61. The molecular formula is C14H20N2O. The average molecular weight is 232 g/mol. The van der Waals surface area contributed by atoms with E-state index < -0.39 is 5.60 Å². The molecule has 1 aliphatic carbocycles. The molecule has 0 radical (unpaired) electrons. The first-order valence-corrected chi connectivity index (χ1v) is 6.54. The molecule has 2 heterocycles. The minimum atomic E-state index is -0.573. The van der Waals surface area contributed by atoms with Crippen molar-refractivity contribution in [3.8, 4) is 0 Å². The predicted molar refractivity (Wildman–Crippen MR) is 66.7 cm³/mol. The van der Waals surface area contributed by atoms with Gasteiger partial charge in [0.1, 0.15) is 0 Å². The first-order valence-electron chi connectivity index (χ1n) is 6.54. The molecule has 2 unspecified atom stereocenters. The Morgan fingerprint density at radius 1 is 1.47 bits per heavy atom. The van der Waals surface area contributed by atoms with Crippen LogP contribution >= 0.6 is 0 Å². The Hall–Kier alpha value is -0.930. The maximum absolute atomic E-state index is 10.7. The van der Waals surface area contributed by atoms with Crippen molar-refractivity contribution < 1.29 is 5.11 Å². The Morgan fingerprint density at radius 2 is 2.29 bits per heavy atom. The molecule has 1 saturated carbocycles. The van der Waals surface area contributed by atoms with Gasteiger partial charge in [-0.2, -0.15) is 0 Å². The second kappa shape index (κ2) is 4.07. The number of pyridine rings is 1. The van der Waals surface area contributed by atoms with Crippen molar-refractivity contribution in [2.75, 3.05) is 6.54 Å².